The van der Waals surface area contributed by atoms with Crippen molar-refractivity contribution in [3.8, 4) is 11.8 Å². The van der Waals surface area contributed by atoms with Gasteiger partial charge in [-0.15, -0.1) is 0 Å². The first kappa shape index (κ1) is 21.0. The number of hydrogen-bond donors (Lipinski definition) is 2. The third-order valence-electron chi connectivity index (χ3n) is 5.26. The molecule has 3 aromatic rings. The lowest BCUT2D eigenvalue weighted by Crippen LogP contribution is -2.38. The van der Waals surface area contributed by atoms with Gasteiger partial charge in [0.05, 0.1) is 29.3 Å². The van der Waals surface area contributed by atoms with Crippen LogP contribution in [-0.4, -0.2) is 33.2 Å². The summed E-state index contributed by atoms with van der Waals surface area (Å²) in [4.78, 5) is 18.7. The Hall–Kier alpha value is -3.22. The van der Waals surface area contributed by atoms with E-state index >= 15 is 0 Å². The first-order valence-electron chi connectivity index (χ1n) is 9.67. The SMILES string of the molecule is N#Cc1ccc(Cn2cncc2CN[C@@H]2CCN(c3cc(O)ccc3Br)C2=O)cc1F. The number of hydrogen-bond acceptors (Lipinski definition) is 5. The summed E-state index contributed by atoms with van der Waals surface area (Å²) in [6.07, 6.45) is 3.99. The van der Waals surface area contributed by atoms with E-state index in [0.717, 1.165) is 10.2 Å². The lowest BCUT2D eigenvalue weighted by atomic mass is 10.1. The molecule has 7 nitrogen and oxygen atoms in total. The van der Waals surface area contributed by atoms with E-state index in [1.165, 1.54) is 12.1 Å². The number of nitrogens with zero attached hydrogens (tertiary/aromatic N) is 4. The Morgan fingerprint density at radius 3 is 2.94 bits per heavy atom. The Bertz CT molecular complexity index is 1170. The number of carbonyl (C=O) groups is 1. The van der Waals surface area contributed by atoms with Crippen LogP contribution in [0.2, 0.25) is 0 Å². The van der Waals surface area contributed by atoms with Gasteiger partial charge in [-0.2, -0.15) is 5.26 Å². The average Bonchev–Trinajstić information content (AvgIpc) is 3.34. The fraction of sp³-hybridized carbons (Fsp3) is 0.227. The molecule has 0 saturated carbocycles. The van der Waals surface area contributed by atoms with Crippen LogP contribution in [0.1, 0.15) is 23.2 Å². The summed E-state index contributed by atoms with van der Waals surface area (Å²) in [6.45, 7) is 1.37. The molecule has 4 rings (SSSR count). The molecular formula is C22H19BrFN5O2. The molecule has 0 bridgehead atoms. The van der Waals surface area contributed by atoms with E-state index in [9.17, 15) is 14.3 Å². The van der Waals surface area contributed by atoms with Gasteiger partial charge in [-0.25, -0.2) is 9.37 Å². The number of imidazole rings is 1. The number of nitrogens with one attached hydrogen (secondary N) is 1. The number of aromatic hydroxyl groups is 1. The van der Waals surface area contributed by atoms with Crippen LogP contribution in [0.3, 0.4) is 0 Å². The summed E-state index contributed by atoms with van der Waals surface area (Å²) in [5.74, 6) is -0.508. The van der Waals surface area contributed by atoms with E-state index < -0.39 is 5.82 Å². The number of nitriles is 1. The standard InChI is InChI=1S/C22H19BrFN5O2/c23-18-4-3-17(30)8-21(18)29-6-5-20(22(29)31)27-11-16-10-26-13-28(16)12-14-1-2-15(9-25)19(24)7-14/h1-4,7-8,10,13,20,27,30H,5-6,11-12H2/t20-/m1/s1. The van der Waals surface area contributed by atoms with Crippen LogP contribution in [0.25, 0.3) is 0 Å². The summed E-state index contributed by atoms with van der Waals surface area (Å²) in [5.41, 5.74) is 2.23. The molecule has 0 radical (unpaired) electrons. The second-order valence-electron chi connectivity index (χ2n) is 7.29. The van der Waals surface area contributed by atoms with Gasteiger partial charge in [-0.1, -0.05) is 6.07 Å². The van der Waals surface area contributed by atoms with Crippen LogP contribution in [0, 0.1) is 17.1 Å². The maximum Gasteiger partial charge on any atom is 0.244 e. The molecule has 1 aliphatic rings. The van der Waals surface area contributed by atoms with Gasteiger partial charge in [-0.3, -0.25) is 4.79 Å². The molecule has 0 aliphatic carbocycles. The Morgan fingerprint density at radius 2 is 2.16 bits per heavy atom. The van der Waals surface area contributed by atoms with Crippen molar-refractivity contribution in [3.05, 3.63) is 76.0 Å². The molecule has 2 N–H and O–H groups in total. The highest BCUT2D eigenvalue weighted by Gasteiger charge is 2.33. The molecule has 2 aromatic carbocycles. The second kappa shape index (κ2) is 8.88. The Labute approximate surface area is 186 Å². The molecule has 1 atom stereocenters. The number of amides is 1. The molecule has 0 unspecified atom stereocenters. The number of anilines is 1. The second-order valence-corrected chi connectivity index (χ2v) is 8.14. The van der Waals surface area contributed by atoms with Gasteiger partial charge in [0.2, 0.25) is 5.91 Å². The Morgan fingerprint density at radius 1 is 1.32 bits per heavy atom. The van der Waals surface area contributed by atoms with Crippen molar-refractivity contribution in [2.24, 2.45) is 0 Å². The zero-order chi connectivity index (χ0) is 22.0. The van der Waals surface area contributed by atoms with Crippen molar-refractivity contribution >= 4 is 27.5 Å². The zero-order valence-electron chi connectivity index (χ0n) is 16.4. The summed E-state index contributed by atoms with van der Waals surface area (Å²) >= 11 is 3.43. The van der Waals surface area contributed by atoms with E-state index in [2.05, 4.69) is 26.2 Å². The van der Waals surface area contributed by atoms with Gasteiger partial charge in [0.15, 0.2) is 0 Å². The van der Waals surface area contributed by atoms with E-state index in [1.54, 1.807) is 41.7 Å². The third kappa shape index (κ3) is 4.45. The number of carbonyl (C=O) groups excluding carboxylic acids is 1. The number of rotatable bonds is 6. The number of benzene rings is 2. The number of halogens is 2. The van der Waals surface area contributed by atoms with Crippen molar-refractivity contribution in [2.75, 3.05) is 11.4 Å². The summed E-state index contributed by atoms with van der Waals surface area (Å²) in [6, 6.07) is 10.8. The Kier molecular flexibility index (Phi) is 6.02. The van der Waals surface area contributed by atoms with Crippen molar-refractivity contribution in [3.63, 3.8) is 0 Å². The van der Waals surface area contributed by atoms with Gasteiger partial charge in [0.1, 0.15) is 17.6 Å². The third-order valence-corrected chi connectivity index (χ3v) is 5.93. The molecule has 158 valence electrons. The molecule has 1 aliphatic heterocycles. The fourth-order valence-electron chi connectivity index (χ4n) is 3.63. The van der Waals surface area contributed by atoms with Crippen LogP contribution >= 0.6 is 15.9 Å². The predicted molar refractivity (Wildman–Crippen MR) is 116 cm³/mol. The molecule has 31 heavy (non-hydrogen) atoms. The highest BCUT2D eigenvalue weighted by Crippen LogP contribution is 2.32. The molecule has 0 spiro atoms. The van der Waals surface area contributed by atoms with Crippen LogP contribution in [0.15, 0.2) is 53.4 Å². The van der Waals surface area contributed by atoms with Crippen LogP contribution < -0.4 is 10.2 Å². The van der Waals surface area contributed by atoms with Crippen LogP contribution in [0.4, 0.5) is 10.1 Å². The van der Waals surface area contributed by atoms with Gasteiger partial charge in [0.25, 0.3) is 0 Å². The molecule has 1 amide bonds. The highest BCUT2D eigenvalue weighted by molar-refractivity contribution is 9.10. The van der Waals surface area contributed by atoms with E-state index in [-0.39, 0.29) is 23.3 Å². The minimum atomic E-state index is -0.547. The maximum atomic E-state index is 13.9. The van der Waals surface area contributed by atoms with E-state index in [0.29, 0.717) is 37.3 Å². The predicted octanol–water partition coefficient (Wildman–Crippen LogP) is 3.31. The molecule has 1 saturated heterocycles. The first-order valence-corrected chi connectivity index (χ1v) is 10.5. The molecule has 1 aromatic heterocycles. The van der Waals surface area contributed by atoms with Gasteiger partial charge in [0, 0.05) is 36.4 Å². The van der Waals surface area contributed by atoms with Crippen molar-refractivity contribution in [1.29, 1.82) is 5.26 Å². The zero-order valence-corrected chi connectivity index (χ0v) is 18.0. The normalized spacial score (nSPS) is 16.0. The first-order chi connectivity index (χ1) is 15.0. The number of aromatic nitrogens is 2. The quantitative estimate of drug-likeness (QED) is 0.560. The topological polar surface area (TPSA) is 94.2 Å². The van der Waals surface area contributed by atoms with Crippen molar-refractivity contribution in [2.45, 2.75) is 25.6 Å². The number of phenols is 1. The fourth-order valence-corrected chi connectivity index (χ4v) is 4.09. The van der Waals surface area contributed by atoms with Gasteiger partial charge >= 0.3 is 0 Å². The smallest absolute Gasteiger partial charge is 0.244 e. The monoisotopic (exact) mass is 483 g/mol. The highest BCUT2D eigenvalue weighted by atomic mass is 79.9. The van der Waals surface area contributed by atoms with E-state index in [4.69, 9.17) is 5.26 Å². The van der Waals surface area contributed by atoms with E-state index in [1.807, 2.05) is 10.6 Å². The Balaban J connectivity index is 1.41. The minimum absolute atomic E-state index is 0.0129. The molecule has 1 fully saturated rings. The van der Waals surface area contributed by atoms with Crippen molar-refractivity contribution in [1.82, 2.24) is 14.9 Å². The molecular weight excluding hydrogens is 465 g/mol. The van der Waals surface area contributed by atoms with Gasteiger partial charge < -0.3 is 19.9 Å². The van der Waals surface area contributed by atoms with Crippen LogP contribution in [0.5, 0.6) is 5.75 Å². The molecule has 9 heteroatoms. The van der Waals surface area contributed by atoms with Crippen molar-refractivity contribution < 1.29 is 14.3 Å². The largest absolute Gasteiger partial charge is 0.508 e. The van der Waals surface area contributed by atoms with Gasteiger partial charge in [-0.05, 0) is 52.2 Å². The summed E-state index contributed by atoms with van der Waals surface area (Å²) < 4.78 is 16.5. The lowest BCUT2D eigenvalue weighted by Gasteiger charge is -2.19. The maximum absolute atomic E-state index is 13.9. The van der Waals surface area contributed by atoms with Crippen LogP contribution in [-0.2, 0) is 17.9 Å². The lowest BCUT2D eigenvalue weighted by molar-refractivity contribution is -0.118. The summed E-state index contributed by atoms with van der Waals surface area (Å²) in [7, 11) is 0. The average molecular weight is 484 g/mol. The molecule has 2 heterocycles. The minimum Gasteiger partial charge on any atom is -0.508 e. The summed E-state index contributed by atoms with van der Waals surface area (Å²) in [5, 5.41) is 21.9. The number of phenolic OH excluding ortho intramolecular Hbond substituents is 1.